The Kier molecular flexibility index (Phi) is 8.74. The number of hydrogen-bond acceptors (Lipinski definition) is 5. The first kappa shape index (κ1) is 15.4. The summed E-state index contributed by atoms with van der Waals surface area (Å²) in [5, 5.41) is 17.1. The van der Waals surface area contributed by atoms with Crippen molar-refractivity contribution in [3.8, 4) is 11.5 Å². The van der Waals surface area contributed by atoms with E-state index in [1.807, 2.05) is 6.79 Å². The molecular weight excluding hydrogens is 202 g/mol. The zero-order valence-electron chi connectivity index (χ0n) is 8.05. The summed E-state index contributed by atoms with van der Waals surface area (Å²) in [7, 11) is 0. The summed E-state index contributed by atoms with van der Waals surface area (Å²) in [4.78, 5) is 18.1. The molecule has 5 N–H and O–H groups in total. The van der Waals surface area contributed by atoms with Gasteiger partial charge in [0.1, 0.15) is 18.3 Å². The Bertz CT molecular complexity index is 285. The van der Waals surface area contributed by atoms with Crippen molar-refractivity contribution in [2.75, 3.05) is 6.61 Å². The maximum atomic E-state index is 10.1. The smallest absolute Gasteiger partial charge is 0.341 e. The van der Waals surface area contributed by atoms with Gasteiger partial charge in [-0.25, -0.2) is 4.79 Å². The number of aliphatic carboxylic acids is 1. The monoisotopic (exact) mass is 215 g/mol. The average molecular weight is 215 g/mol. The number of carboxylic acids is 1. The highest BCUT2D eigenvalue weighted by Crippen LogP contribution is 2.15. The molecule has 1 aromatic carbocycles. The molecule has 84 valence electrons. The van der Waals surface area contributed by atoms with Crippen molar-refractivity contribution in [3.05, 3.63) is 24.3 Å². The highest BCUT2D eigenvalue weighted by Gasteiger charge is 1.97. The predicted octanol–water partition coefficient (Wildman–Crippen LogP) is 0.833. The third kappa shape index (κ3) is 7.03. The largest absolute Gasteiger partial charge is 0.508 e. The lowest BCUT2D eigenvalue weighted by atomic mass is 10.3. The summed E-state index contributed by atoms with van der Waals surface area (Å²) in [5.74, 6) is -0.476. The second-order valence-corrected chi connectivity index (χ2v) is 2.18. The zero-order chi connectivity index (χ0) is 11.0. The molecule has 0 atom stereocenters. The van der Waals surface area contributed by atoms with Crippen molar-refractivity contribution in [1.29, 1.82) is 0 Å². The van der Waals surface area contributed by atoms with Gasteiger partial charge in [0.05, 0.1) is 0 Å². The molecule has 0 saturated heterocycles. The van der Waals surface area contributed by atoms with Crippen LogP contribution in [0.1, 0.15) is 0 Å². The van der Waals surface area contributed by atoms with Crippen LogP contribution >= 0.6 is 0 Å². The van der Waals surface area contributed by atoms with Crippen LogP contribution in [0.2, 0.25) is 0 Å². The van der Waals surface area contributed by atoms with Crippen LogP contribution in [0, 0.1) is 0 Å². The molecule has 0 heterocycles. The van der Waals surface area contributed by atoms with Crippen molar-refractivity contribution >= 4 is 12.8 Å². The van der Waals surface area contributed by atoms with Gasteiger partial charge < -0.3 is 25.9 Å². The summed E-state index contributed by atoms with van der Waals surface area (Å²) in [6, 6.07) is 5.85. The molecule has 1 rings (SSSR count). The normalized spacial score (nSPS) is 7.73. The standard InChI is InChI=1S/C8H8O4.CH2O.H3N/c9-6-1-3-7(4-2-6)12-5-8(10)11;1-2;/h1-4,9H,5H2,(H,10,11);1H2;1H3. The zero-order valence-corrected chi connectivity index (χ0v) is 8.05. The predicted molar refractivity (Wildman–Crippen MR) is 53.4 cm³/mol. The number of ether oxygens (including phenoxy) is 1. The van der Waals surface area contributed by atoms with Crippen molar-refractivity contribution in [2.45, 2.75) is 0 Å². The second kappa shape index (κ2) is 8.52. The van der Waals surface area contributed by atoms with Crippen molar-refractivity contribution in [2.24, 2.45) is 0 Å². The number of carboxylic acid groups (broad SMARTS) is 1. The van der Waals surface area contributed by atoms with Gasteiger partial charge in [-0.1, -0.05) is 0 Å². The van der Waals surface area contributed by atoms with E-state index in [2.05, 4.69) is 0 Å². The van der Waals surface area contributed by atoms with E-state index in [-0.39, 0.29) is 18.5 Å². The summed E-state index contributed by atoms with van der Waals surface area (Å²) in [6.07, 6.45) is 0. The van der Waals surface area contributed by atoms with Gasteiger partial charge in [0.2, 0.25) is 0 Å². The molecule has 0 amide bonds. The highest BCUT2D eigenvalue weighted by atomic mass is 16.5. The molecule has 0 aromatic heterocycles. The fourth-order valence-corrected chi connectivity index (χ4v) is 0.687. The van der Waals surface area contributed by atoms with Crippen molar-refractivity contribution in [3.63, 3.8) is 0 Å². The molecule has 0 saturated carbocycles. The molecule has 0 aliphatic heterocycles. The van der Waals surface area contributed by atoms with E-state index >= 15 is 0 Å². The summed E-state index contributed by atoms with van der Waals surface area (Å²) < 4.78 is 4.81. The third-order valence-electron chi connectivity index (χ3n) is 1.20. The molecule has 0 unspecified atom stereocenters. The number of hydrogen-bond donors (Lipinski definition) is 3. The first-order valence-corrected chi connectivity index (χ1v) is 3.61. The van der Waals surface area contributed by atoms with E-state index in [0.717, 1.165) is 0 Å². The summed E-state index contributed by atoms with van der Waals surface area (Å²) in [5.41, 5.74) is 0. The highest BCUT2D eigenvalue weighted by molar-refractivity contribution is 5.68. The number of phenolic OH excluding ortho intramolecular Hbond substituents is 1. The van der Waals surface area contributed by atoms with Crippen LogP contribution in [0.25, 0.3) is 0 Å². The van der Waals surface area contributed by atoms with Gasteiger partial charge >= 0.3 is 5.97 Å². The van der Waals surface area contributed by atoms with E-state index in [1.165, 1.54) is 24.3 Å². The van der Waals surface area contributed by atoms with Gasteiger partial charge in [-0.15, -0.1) is 0 Å². The molecular formula is C9H13NO5. The molecule has 0 bridgehead atoms. The van der Waals surface area contributed by atoms with Gasteiger partial charge in [0.25, 0.3) is 0 Å². The molecule has 1 aromatic rings. The molecule has 0 fully saturated rings. The minimum Gasteiger partial charge on any atom is -0.508 e. The van der Waals surface area contributed by atoms with Crippen LogP contribution in [0.15, 0.2) is 24.3 Å². The van der Waals surface area contributed by atoms with Gasteiger partial charge in [0, 0.05) is 0 Å². The van der Waals surface area contributed by atoms with Crippen LogP contribution in [-0.2, 0) is 9.59 Å². The van der Waals surface area contributed by atoms with Crippen LogP contribution < -0.4 is 10.9 Å². The first-order chi connectivity index (χ1) is 6.68. The SMILES string of the molecule is C=O.N.O=C(O)COc1ccc(O)cc1. The van der Waals surface area contributed by atoms with Crippen LogP contribution in [0.4, 0.5) is 0 Å². The molecule has 0 aliphatic carbocycles. The average Bonchev–Trinajstić information content (AvgIpc) is 2.20. The Morgan fingerprint density at radius 1 is 1.27 bits per heavy atom. The van der Waals surface area contributed by atoms with Gasteiger partial charge in [-0.3, -0.25) is 0 Å². The quantitative estimate of drug-likeness (QED) is 0.687. The summed E-state index contributed by atoms with van der Waals surface area (Å²) >= 11 is 0. The van der Waals surface area contributed by atoms with E-state index < -0.39 is 5.97 Å². The Morgan fingerprint density at radius 2 is 1.73 bits per heavy atom. The Labute approximate surface area is 86.7 Å². The molecule has 15 heavy (non-hydrogen) atoms. The number of rotatable bonds is 3. The van der Waals surface area contributed by atoms with E-state index in [1.54, 1.807) is 0 Å². The van der Waals surface area contributed by atoms with E-state index in [0.29, 0.717) is 5.75 Å². The van der Waals surface area contributed by atoms with E-state index in [9.17, 15) is 4.79 Å². The number of aromatic hydroxyl groups is 1. The van der Waals surface area contributed by atoms with Crippen LogP contribution in [-0.4, -0.2) is 29.6 Å². The number of benzene rings is 1. The van der Waals surface area contributed by atoms with Gasteiger partial charge in [-0.2, -0.15) is 0 Å². The Morgan fingerprint density at radius 3 is 2.13 bits per heavy atom. The second-order valence-electron chi connectivity index (χ2n) is 2.18. The molecule has 6 nitrogen and oxygen atoms in total. The lowest BCUT2D eigenvalue weighted by molar-refractivity contribution is -0.139. The Hall–Kier alpha value is -2.08. The van der Waals surface area contributed by atoms with Gasteiger partial charge in [0.15, 0.2) is 6.61 Å². The van der Waals surface area contributed by atoms with Gasteiger partial charge in [-0.05, 0) is 24.3 Å². The minimum atomic E-state index is -1.02. The fraction of sp³-hybridized carbons (Fsp3) is 0.111. The fourth-order valence-electron chi connectivity index (χ4n) is 0.687. The van der Waals surface area contributed by atoms with Crippen molar-refractivity contribution < 1.29 is 24.5 Å². The molecule has 0 spiro atoms. The molecule has 0 aliphatic rings. The van der Waals surface area contributed by atoms with E-state index in [4.69, 9.17) is 19.7 Å². The molecule has 6 heteroatoms. The first-order valence-electron chi connectivity index (χ1n) is 3.61. The van der Waals surface area contributed by atoms with Crippen molar-refractivity contribution in [1.82, 2.24) is 6.15 Å². The minimum absolute atomic E-state index is 0. The number of phenols is 1. The number of carbonyl (C=O) groups excluding carboxylic acids is 1. The molecule has 0 radical (unpaired) electrons. The lowest BCUT2D eigenvalue weighted by Crippen LogP contribution is -2.09. The Balaban J connectivity index is 0. The maximum absolute atomic E-state index is 10.1. The maximum Gasteiger partial charge on any atom is 0.341 e. The number of carbonyl (C=O) groups is 2. The topological polar surface area (TPSA) is 119 Å². The third-order valence-corrected chi connectivity index (χ3v) is 1.20. The van der Waals surface area contributed by atoms with Crippen LogP contribution in [0.3, 0.4) is 0 Å². The summed E-state index contributed by atoms with van der Waals surface area (Å²) in [6.45, 7) is 1.63. The van der Waals surface area contributed by atoms with Crippen LogP contribution in [0.5, 0.6) is 11.5 Å². The lowest BCUT2D eigenvalue weighted by Gasteiger charge is -2.01.